The minimum absolute atomic E-state index is 0.369. The molecule has 1 atom stereocenters. The number of hydrogen-bond donors (Lipinski definition) is 0. The number of hydrogen-bond acceptors (Lipinski definition) is 0. The molecular formula is C6H9I. The maximum absolute atomic E-state index is 2.46. The number of halogens is 1. The Labute approximate surface area is 54.4 Å². The predicted molar refractivity (Wildman–Crippen MR) is 43.0 cm³/mol. The van der Waals surface area contributed by atoms with Crippen molar-refractivity contribution in [2.24, 2.45) is 5.92 Å². The molecule has 7 heavy (non-hydrogen) atoms. The lowest BCUT2D eigenvalue weighted by atomic mass is 10.1. The Hall–Kier alpha value is 0.340. The maximum Gasteiger partial charge on any atom is -0.0170 e. The second-order valence-corrected chi connectivity index (χ2v) is 3.98. The van der Waals surface area contributed by atoms with E-state index >= 15 is 0 Å². The fourth-order valence-corrected chi connectivity index (χ4v) is 2.36. The van der Waals surface area contributed by atoms with Crippen molar-refractivity contribution in [3.8, 4) is 0 Å². The highest BCUT2D eigenvalue weighted by molar-refractivity contribution is 14.2. The Kier molecular flexibility index (Phi) is 2.03. The van der Waals surface area contributed by atoms with Gasteiger partial charge in [0.25, 0.3) is 0 Å². The minimum atomic E-state index is 0.369. The first-order valence-corrected chi connectivity index (χ1v) is 4.99. The van der Waals surface area contributed by atoms with E-state index in [4.69, 9.17) is 0 Å². The van der Waals surface area contributed by atoms with Gasteiger partial charge >= 0.3 is 0 Å². The van der Waals surface area contributed by atoms with Gasteiger partial charge in [-0.25, -0.2) is 0 Å². The summed E-state index contributed by atoms with van der Waals surface area (Å²) in [4.78, 5) is 0. The van der Waals surface area contributed by atoms with E-state index in [0.717, 1.165) is 5.92 Å². The lowest BCUT2D eigenvalue weighted by Crippen LogP contribution is -1.92. The molecule has 0 saturated heterocycles. The van der Waals surface area contributed by atoms with Crippen molar-refractivity contribution >= 4 is 24.7 Å². The molecule has 1 aliphatic heterocycles. The van der Waals surface area contributed by atoms with Gasteiger partial charge in [-0.15, -0.1) is 0 Å². The fraction of sp³-hybridized carbons (Fsp3) is 0.500. The van der Waals surface area contributed by atoms with E-state index in [1.807, 2.05) is 0 Å². The molecule has 0 aromatic heterocycles. The fourth-order valence-electron chi connectivity index (χ4n) is 0.535. The van der Waals surface area contributed by atoms with Gasteiger partial charge in [-0.1, -0.05) is 33.7 Å². The molecular weight excluding hydrogens is 199 g/mol. The SMILES string of the molecule is C[C@@H]1C=IC=CC1. The van der Waals surface area contributed by atoms with E-state index in [1.54, 1.807) is 0 Å². The van der Waals surface area contributed by atoms with Crippen LogP contribution in [0, 0.1) is 5.92 Å². The van der Waals surface area contributed by atoms with Crippen LogP contribution in [0.4, 0.5) is 0 Å². The van der Waals surface area contributed by atoms with Gasteiger partial charge in [-0.2, -0.15) is 0 Å². The second kappa shape index (κ2) is 2.60. The first-order chi connectivity index (χ1) is 3.39. The summed E-state index contributed by atoms with van der Waals surface area (Å²) in [5.41, 5.74) is 0. The normalized spacial score (nSPS) is 29.6. The molecule has 0 aromatic carbocycles. The summed E-state index contributed by atoms with van der Waals surface area (Å²) in [6.07, 6.45) is 3.58. The van der Waals surface area contributed by atoms with Crippen molar-refractivity contribution in [3.63, 3.8) is 0 Å². The summed E-state index contributed by atoms with van der Waals surface area (Å²) < 4.78 is 4.79. The highest BCUT2D eigenvalue weighted by atomic mass is 127. The molecule has 1 aliphatic rings. The molecule has 0 N–H and O–H groups in total. The monoisotopic (exact) mass is 208 g/mol. The van der Waals surface area contributed by atoms with Crippen LogP contribution in [0.25, 0.3) is 0 Å². The molecule has 0 saturated carbocycles. The van der Waals surface area contributed by atoms with Crippen molar-refractivity contribution in [1.82, 2.24) is 0 Å². The Balaban J connectivity index is 2.49. The van der Waals surface area contributed by atoms with Crippen LogP contribution in [0.15, 0.2) is 10.2 Å². The molecule has 0 aromatic rings. The standard InChI is InChI=1S/C6H9I/c1-6-3-2-4-7-5-6/h2,4-6H,3H2,1H3/t6-/m0/s1. The summed E-state index contributed by atoms with van der Waals surface area (Å²) in [5, 5.41) is 0. The lowest BCUT2D eigenvalue weighted by molar-refractivity contribution is 0.819. The first kappa shape index (κ1) is 5.48. The first-order valence-electron chi connectivity index (χ1n) is 2.50. The maximum atomic E-state index is 2.46. The summed E-state index contributed by atoms with van der Waals surface area (Å²) in [7, 11) is 0. The molecule has 1 heteroatoms. The van der Waals surface area contributed by atoms with Crippen molar-refractivity contribution in [3.05, 3.63) is 10.2 Å². The van der Waals surface area contributed by atoms with E-state index < -0.39 is 0 Å². The van der Waals surface area contributed by atoms with Gasteiger partial charge in [-0.3, -0.25) is 0 Å². The van der Waals surface area contributed by atoms with Crippen LogP contribution in [0.1, 0.15) is 13.3 Å². The number of rotatable bonds is 0. The molecule has 1 heterocycles. The molecule has 40 valence electrons. The summed E-state index contributed by atoms with van der Waals surface area (Å²) in [5.74, 6) is 0.873. The van der Waals surface area contributed by atoms with Crippen LogP contribution in [0.2, 0.25) is 0 Å². The van der Waals surface area contributed by atoms with Crippen LogP contribution in [-0.4, -0.2) is 4.01 Å². The highest BCUT2D eigenvalue weighted by Gasteiger charge is 1.93. The van der Waals surface area contributed by atoms with Crippen molar-refractivity contribution in [2.45, 2.75) is 13.3 Å². The Morgan fingerprint density at radius 2 is 2.57 bits per heavy atom. The van der Waals surface area contributed by atoms with Crippen LogP contribution >= 0.6 is 20.7 Å². The zero-order valence-electron chi connectivity index (χ0n) is 4.39. The van der Waals surface area contributed by atoms with E-state index in [-0.39, 0.29) is 0 Å². The third-order valence-corrected chi connectivity index (χ3v) is 3.52. The second-order valence-electron chi connectivity index (χ2n) is 1.83. The Morgan fingerprint density at radius 1 is 1.71 bits per heavy atom. The minimum Gasteiger partial charge on any atom is -0.0982 e. The lowest BCUT2D eigenvalue weighted by Gasteiger charge is -2.01. The average Bonchev–Trinajstić information content (AvgIpc) is 1.69. The van der Waals surface area contributed by atoms with E-state index in [0.29, 0.717) is 20.7 Å². The van der Waals surface area contributed by atoms with Gasteiger partial charge in [-0.05, 0) is 20.4 Å². The molecule has 0 spiro atoms. The van der Waals surface area contributed by atoms with Crippen LogP contribution < -0.4 is 0 Å². The van der Waals surface area contributed by atoms with Crippen molar-refractivity contribution in [1.29, 1.82) is 0 Å². The topological polar surface area (TPSA) is 0 Å². The summed E-state index contributed by atoms with van der Waals surface area (Å²) >= 11 is 0.369. The Bertz CT molecular complexity index is 103. The molecule has 0 unspecified atom stereocenters. The molecule has 1 rings (SSSR count). The largest absolute Gasteiger partial charge is 0.0982 e. The van der Waals surface area contributed by atoms with Gasteiger partial charge < -0.3 is 0 Å². The quantitative estimate of drug-likeness (QED) is 0.536. The van der Waals surface area contributed by atoms with Gasteiger partial charge in [0, 0.05) is 0 Å². The van der Waals surface area contributed by atoms with E-state index in [2.05, 4.69) is 21.1 Å². The summed E-state index contributed by atoms with van der Waals surface area (Å²) in [6.45, 7) is 2.28. The summed E-state index contributed by atoms with van der Waals surface area (Å²) in [6, 6.07) is 0. The zero-order valence-corrected chi connectivity index (χ0v) is 6.55. The third-order valence-electron chi connectivity index (χ3n) is 0.958. The van der Waals surface area contributed by atoms with Crippen LogP contribution in [0.5, 0.6) is 0 Å². The number of allylic oxidation sites excluding steroid dienone is 1. The third kappa shape index (κ3) is 1.72. The van der Waals surface area contributed by atoms with Crippen molar-refractivity contribution < 1.29 is 0 Å². The molecule has 0 aliphatic carbocycles. The predicted octanol–water partition coefficient (Wildman–Crippen LogP) is 2.31. The van der Waals surface area contributed by atoms with Crippen LogP contribution in [0.3, 0.4) is 0 Å². The van der Waals surface area contributed by atoms with Gasteiger partial charge in [0.15, 0.2) is 0 Å². The average molecular weight is 208 g/mol. The molecule has 0 amide bonds. The molecule has 0 radical (unpaired) electrons. The Morgan fingerprint density at radius 3 is 2.86 bits per heavy atom. The van der Waals surface area contributed by atoms with E-state index in [9.17, 15) is 0 Å². The van der Waals surface area contributed by atoms with Crippen molar-refractivity contribution in [2.75, 3.05) is 0 Å². The van der Waals surface area contributed by atoms with Gasteiger partial charge in [0.2, 0.25) is 0 Å². The van der Waals surface area contributed by atoms with Gasteiger partial charge in [0.05, 0.1) is 0 Å². The zero-order chi connectivity index (χ0) is 5.11. The highest BCUT2D eigenvalue weighted by Crippen LogP contribution is 2.13. The van der Waals surface area contributed by atoms with Crippen LogP contribution in [-0.2, 0) is 0 Å². The molecule has 0 bridgehead atoms. The van der Waals surface area contributed by atoms with E-state index in [1.165, 1.54) is 6.42 Å². The van der Waals surface area contributed by atoms with Gasteiger partial charge in [0.1, 0.15) is 0 Å². The smallest absolute Gasteiger partial charge is 0.0170 e. The molecule has 0 nitrogen and oxygen atoms in total. The molecule has 0 fully saturated rings.